The molecule has 0 amide bonds. The van der Waals surface area contributed by atoms with Gasteiger partial charge in [-0.2, -0.15) is 0 Å². The lowest BCUT2D eigenvalue weighted by atomic mass is 9.74. The Balaban J connectivity index is 1.69. The zero-order valence-corrected chi connectivity index (χ0v) is 12.4. The van der Waals surface area contributed by atoms with Crippen LogP contribution in [0.2, 0.25) is 0 Å². The number of anilines is 1. The van der Waals surface area contributed by atoms with E-state index in [0.717, 1.165) is 24.3 Å². The molecule has 1 aromatic rings. The molecule has 1 aliphatic carbocycles. The summed E-state index contributed by atoms with van der Waals surface area (Å²) in [6.45, 7) is 6.00. The van der Waals surface area contributed by atoms with Crippen LogP contribution in [0.5, 0.6) is 0 Å². The quantitative estimate of drug-likeness (QED) is 0.812. The predicted octanol–water partition coefficient (Wildman–Crippen LogP) is 4.66. The molecule has 1 aromatic carbocycles. The molecular weight excluding hydrogens is 230 g/mol. The van der Waals surface area contributed by atoms with Crippen molar-refractivity contribution >= 4 is 5.69 Å². The molecule has 1 fully saturated rings. The lowest BCUT2D eigenvalue weighted by Gasteiger charge is -2.31. The van der Waals surface area contributed by atoms with Crippen LogP contribution < -0.4 is 5.32 Å². The Hall–Kier alpha value is -0.980. The number of benzene rings is 1. The zero-order valence-electron chi connectivity index (χ0n) is 12.4. The fourth-order valence-electron chi connectivity index (χ4n) is 4.27. The van der Waals surface area contributed by atoms with Crippen molar-refractivity contribution in [2.24, 2.45) is 17.8 Å². The lowest BCUT2D eigenvalue weighted by Crippen LogP contribution is -2.21. The van der Waals surface area contributed by atoms with Crippen LogP contribution >= 0.6 is 0 Å². The van der Waals surface area contributed by atoms with E-state index >= 15 is 0 Å². The Morgan fingerprint density at radius 3 is 2.68 bits per heavy atom. The second kappa shape index (κ2) is 5.56. The Labute approximate surface area is 117 Å². The van der Waals surface area contributed by atoms with Gasteiger partial charge in [-0.3, -0.25) is 0 Å². The van der Waals surface area contributed by atoms with Gasteiger partial charge >= 0.3 is 0 Å². The van der Waals surface area contributed by atoms with E-state index in [-0.39, 0.29) is 0 Å². The van der Waals surface area contributed by atoms with Gasteiger partial charge < -0.3 is 5.32 Å². The monoisotopic (exact) mass is 257 g/mol. The molecule has 2 atom stereocenters. The van der Waals surface area contributed by atoms with E-state index in [1.54, 1.807) is 11.1 Å². The molecule has 3 rings (SSSR count). The van der Waals surface area contributed by atoms with Crippen LogP contribution in [0.25, 0.3) is 0 Å². The molecule has 0 aromatic heterocycles. The molecular formula is C18H27N. The Kier molecular flexibility index (Phi) is 3.81. The maximum atomic E-state index is 3.51. The molecule has 1 heterocycles. The molecule has 1 aliphatic heterocycles. The molecule has 0 radical (unpaired) electrons. The van der Waals surface area contributed by atoms with Crippen LogP contribution in [-0.4, -0.2) is 6.54 Å². The normalized spacial score (nSPS) is 30.5. The van der Waals surface area contributed by atoms with Crippen LogP contribution in [0.1, 0.15) is 50.7 Å². The fourth-order valence-corrected chi connectivity index (χ4v) is 4.27. The summed E-state index contributed by atoms with van der Waals surface area (Å²) in [4.78, 5) is 0. The Bertz CT molecular complexity index is 427. The smallest absolute Gasteiger partial charge is 0.0372 e. The highest BCUT2D eigenvalue weighted by Crippen LogP contribution is 2.35. The number of hydrogen-bond donors (Lipinski definition) is 1. The average Bonchev–Trinajstić information content (AvgIpc) is 2.37. The minimum Gasteiger partial charge on any atom is -0.385 e. The van der Waals surface area contributed by atoms with Crippen molar-refractivity contribution in [1.29, 1.82) is 0 Å². The van der Waals surface area contributed by atoms with Crippen LogP contribution in [0.4, 0.5) is 5.69 Å². The molecule has 0 saturated heterocycles. The topological polar surface area (TPSA) is 12.0 Å². The van der Waals surface area contributed by atoms with Gasteiger partial charge in [-0.25, -0.2) is 0 Å². The van der Waals surface area contributed by atoms with Gasteiger partial charge in [-0.05, 0) is 73.5 Å². The molecule has 1 saturated carbocycles. The zero-order chi connectivity index (χ0) is 13.2. The van der Waals surface area contributed by atoms with Crippen LogP contribution in [0.3, 0.4) is 0 Å². The van der Waals surface area contributed by atoms with E-state index in [2.05, 4.69) is 37.4 Å². The first-order valence-corrected chi connectivity index (χ1v) is 8.06. The van der Waals surface area contributed by atoms with Crippen molar-refractivity contribution in [3.8, 4) is 0 Å². The summed E-state index contributed by atoms with van der Waals surface area (Å²) < 4.78 is 0. The highest BCUT2D eigenvalue weighted by atomic mass is 14.9. The van der Waals surface area contributed by atoms with Crippen molar-refractivity contribution in [2.45, 2.75) is 52.4 Å². The van der Waals surface area contributed by atoms with Crippen molar-refractivity contribution in [1.82, 2.24) is 0 Å². The van der Waals surface area contributed by atoms with E-state index < -0.39 is 0 Å². The second-order valence-electron chi connectivity index (χ2n) is 7.01. The number of hydrogen-bond acceptors (Lipinski definition) is 1. The molecule has 1 nitrogen and oxygen atoms in total. The first-order valence-electron chi connectivity index (χ1n) is 8.06. The van der Waals surface area contributed by atoms with E-state index in [1.807, 2.05) is 0 Å². The van der Waals surface area contributed by atoms with Gasteiger partial charge in [0.15, 0.2) is 0 Å². The summed E-state index contributed by atoms with van der Waals surface area (Å²) in [5, 5.41) is 3.51. The first kappa shape index (κ1) is 13.0. The minimum atomic E-state index is 0.911. The summed E-state index contributed by atoms with van der Waals surface area (Å²) in [5.41, 5.74) is 4.48. The van der Waals surface area contributed by atoms with Crippen molar-refractivity contribution < 1.29 is 0 Å². The number of nitrogens with one attached hydrogen (secondary N) is 1. The predicted molar refractivity (Wildman–Crippen MR) is 82.6 cm³/mol. The van der Waals surface area contributed by atoms with Gasteiger partial charge in [-0.15, -0.1) is 0 Å². The molecule has 19 heavy (non-hydrogen) atoms. The maximum Gasteiger partial charge on any atom is 0.0372 e. The summed E-state index contributed by atoms with van der Waals surface area (Å²) in [6.07, 6.45) is 8.13. The molecule has 0 bridgehead atoms. The number of rotatable bonds is 2. The summed E-state index contributed by atoms with van der Waals surface area (Å²) in [5.74, 6) is 2.76. The maximum absolute atomic E-state index is 3.51. The summed E-state index contributed by atoms with van der Waals surface area (Å²) >= 11 is 0. The average molecular weight is 257 g/mol. The van der Waals surface area contributed by atoms with Gasteiger partial charge in [0.1, 0.15) is 0 Å². The van der Waals surface area contributed by atoms with Gasteiger partial charge in [0.05, 0.1) is 0 Å². The van der Waals surface area contributed by atoms with E-state index in [9.17, 15) is 0 Å². The Morgan fingerprint density at radius 2 is 1.89 bits per heavy atom. The molecule has 0 spiro atoms. The molecule has 104 valence electrons. The third-order valence-electron chi connectivity index (χ3n) is 4.91. The number of aryl methyl sites for hydroxylation is 1. The van der Waals surface area contributed by atoms with E-state index in [4.69, 9.17) is 0 Å². The van der Waals surface area contributed by atoms with Gasteiger partial charge in [0.2, 0.25) is 0 Å². The van der Waals surface area contributed by atoms with Gasteiger partial charge in [-0.1, -0.05) is 26.0 Å². The van der Waals surface area contributed by atoms with Crippen molar-refractivity contribution in [3.05, 3.63) is 29.3 Å². The third-order valence-corrected chi connectivity index (χ3v) is 4.91. The van der Waals surface area contributed by atoms with E-state index in [0.29, 0.717) is 0 Å². The van der Waals surface area contributed by atoms with E-state index in [1.165, 1.54) is 44.2 Å². The lowest BCUT2D eigenvalue weighted by molar-refractivity contribution is 0.218. The first-order chi connectivity index (χ1) is 9.20. The second-order valence-corrected chi connectivity index (χ2v) is 7.01. The Morgan fingerprint density at radius 1 is 1.11 bits per heavy atom. The van der Waals surface area contributed by atoms with Crippen molar-refractivity contribution in [2.75, 3.05) is 11.9 Å². The molecule has 1 heteroatoms. The largest absolute Gasteiger partial charge is 0.385 e. The fraction of sp³-hybridized carbons (Fsp3) is 0.667. The minimum absolute atomic E-state index is 0.911. The van der Waals surface area contributed by atoms with Crippen molar-refractivity contribution in [3.63, 3.8) is 0 Å². The third kappa shape index (κ3) is 3.13. The SMILES string of the molecule is CC1CC(C)CC(Cc2ccc3c(c2)CCCN3)C1. The highest BCUT2D eigenvalue weighted by Gasteiger charge is 2.24. The van der Waals surface area contributed by atoms with Gasteiger partial charge in [0.25, 0.3) is 0 Å². The van der Waals surface area contributed by atoms with Gasteiger partial charge in [0, 0.05) is 12.2 Å². The molecule has 2 unspecified atom stereocenters. The highest BCUT2D eigenvalue weighted by molar-refractivity contribution is 5.54. The summed E-state index contributed by atoms with van der Waals surface area (Å²) in [6, 6.07) is 7.12. The van der Waals surface area contributed by atoms with Crippen LogP contribution in [0.15, 0.2) is 18.2 Å². The standard InChI is InChI=1S/C18H27N/c1-13-8-14(2)10-16(9-13)11-15-5-6-18-17(12-15)4-3-7-19-18/h5-6,12-14,16,19H,3-4,7-11H2,1-2H3. The molecule has 2 aliphatic rings. The summed E-state index contributed by atoms with van der Waals surface area (Å²) in [7, 11) is 0. The van der Waals surface area contributed by atoms with Crippen LogP contribution in [-0.2, 0) is 12.8 Å². The number of fused-ring (bicyclic) bond motifs is 1. The van der Waals surface area contributed by atoms with Crippen LogP contribution in [0, 0.1) is 17.8 Å². The molecule has 1 N–H and O–H groups in total.